The molecular weight excluding hydrogens is 376 g/mol. The molecule has 27 heavy (non-hydrogen) atoms. The second-order valence-electron chi connectivity index (χ2n) is 6.20. The summed E-state index contributed by atoms with van der Waals surface area (Å²) in [7, 11) is 0. The molecule has 2 aromatic carbocycles. The highest BCUT2D eigenvalue weighted by atomic mass is 35.5. The Hall–Kier alpha value is -2.17. The van der Waals surface area contributed by atoms with Crippen LogP contribution in [-0.2, 0) is 12.8 Å². The second kappa shape index (κ2) is 9.67. The van der Waals surface area contributed by atoms with E-state index in [4.69, 9.17) is 11.6 Å². The first-order valence-electron chi connectivity index (χ1n) is 9.09. The van der Waals surface area contributed by atoms with Crippen LogP contribution in [0.3, 0.4) is 0 Å². The zero-order valence-electron chi connectivity index (χ0n) is 15.2. The van der Waals surface area contributed by atoms with Gasteiger partial charge >= 0.3 is 0 Å². The molecule has 0 spiro atoms. The molecule has 0 saturated heterocycles. The van der Waals surface area contributed by atoms with Crippen molar-refractivity contribution in [1.82, 2.24) is 4.98 Å². The minimum atomic E-state index is 0.0386. The first kappa shape index (κ1) is 19.6. The number of anilines is 1. The first-order valence-corrected chi connectivity index (χ1v) is 10.3. The van der Waals surface area contributed by atoms with Crippen molar-refractivity contribution in [3.05, 3.63) is 87.9 Å². The van der Waals surface area contributed by atoms with Gasteiger partial charge in [0, 0.05) is 17.1 Å². The van der Waals surface area contributed by atoms with Gasteiger partial charge < -0.3 is 5.32 Å². The number of thiazole rings is 1. The largest absolute Gasteiger partial charge is 0.357 e. The minimum absolute atomic E-state index is 0.0386. The lowest BCUT2D eigenvalue weighted by Crippen LogP contribution is -2.02. The molecule has 1 aromatic heterocycles. The Morgan fingerprint density at radius 1 is 1.15 bits per heavy atom. The van der Waals surface area contributed by atoms with Crippen LogP contribution in [0.25, 0.3) is 0 Å². The lowest BCUT2D eigenvalue weighted by Gasteiger charge is -2.05. The monoisotopic (exact) mass is 397 g/mol. The van der Waals surface area contributed by atoms with Crippen LogP contribution in [0.4, 0.5) is 5.13 Å². The Bertz CT molecular complexity index is 907. The van der Waals surface area contributed by atoms with E-state index in [0.29, 0.717) is 4.88 Å². The third kappa shape index (κ3) is 5.18. The summed E-state index contributed by atoms with van der Waals surface area (Å²) in [5, 5.41) is 4.76. The van der Waals surface area contributed by atoms with Crippen LogP contribution >= 0.6 is 22.9 Å². The zero-order chi connectivity index (χ0) is 19.1. The van der Waals surface area contributed by atoms with Crippen molar-refractivity contribution < 1.29 is 4.79 Å². The molecular formula is C22H22ClN2OS. The molecule has 5 heteroatoms. The zero-order valence-corrected chi connectivity index (χ0v) is 16.8. The summed E-state index contributed by atoms with van der Waals surface area (Å²) in [4.78, 5) is 17.7. The molecule has 0 saturated carbocycles. The summed E-state index contributed by atoms with van der Waals surface area (Å²) < 4.78 is 0. The summed E-state index contributed by atoms with van der Waals surface area (Å²) in [6.45, 7) is 4.05. The average Bonchev–Trinajstić information content (AvgIpc) is 3.17. The molecule has 1 radical (unpaired) electrons. The van der Waals surface area contributed by atoms with Crippen LogP contribution in [0, 0.1) is 6.54 Å². The molecule has 0 aliphatic heterocycles. The summed E-state index contributed by atoms with van der Waals surface area (Å²) in [5.41, 5.74) is 3.00. The highest BCUT2D eigenvalue weighted by Gasteiger charge is 2.15. The SMILES string of the molecule is CCc1ccccc1C(=O)c1cnc(N[CH]CCCc2ccccc2Cl)s1. The van der Waals surface area contributed by atoms with E-state index in [1.54, 1.807) is 6.20 Å². The Labute approximate surface area is 169 Å². The van der Waals surface area contributed by atoms with E-state index < -0.39 is 0 Å². The van der Waals surface area contributed by atoms with Crippen molar-refractivity contribution in [3.63, 3.8) is 0 Å². The summed E-state index contributed by atoms with van der Waals surface area (Å²) in [6.07, 6.45) is 5.32. The quantitative estimate of drug-likeness (QED) is 0.346. The fourth-order valence-corrected chi connectivity index (χ4v) is 3.88. The third-order valence-corrected chi connectivity index (χ3v) is 5.65. The predicted octanol–water partition coefficient (Wildman–Crippen LogP) is 6.19. The van der Waals surface area contributed by atoms with Gasteiger partial charge in [0.2, 0.25) is 5.78 Å². The molecule has 1 heterocycles. The molecule has 139 valence electrons. The molecule has 0 unspecified atom stereocenters. The van der Waals surface area contributed by atoms with Crippen molar-refractivity contribution in [2.45, 2.75) is 32.6 Å². The van der Waals surface area contributed by atoms with Gasteiger partial charge in [0.25, 0.3) is 0 Å². The molecule has 0 fully saturated rings. The first-order chi connectivity index (χ1) is 13.2. The smallest absolute Gasteiger partial charge is 0.204 e. The molecule has 1 N–H and O–H groups in total. The van der Waals surface area contributed by atoms with Crippen LogP contribution in [-0.4, -0.2) is 10.8 Å². The molecule has 0 atom stereocenters. The number of carbonyl (C=O) groups excluding carboxylic acids is 1. The van der Waals surface area contributed by atoms with Crippen LogP contribution in [0.15, 0.2) is 54.7 Å². The maximum Gasteiger partial charge on any atom is 0.204 e. The van der Waals surface area contributed by atoms with Gasteiger partial charge in [-0.3, -0.25) is 4.79 Å². The van der Waals surface area contributed by atoms with Crippen LogP contribution < -0.4 is 5.32 Å². The Morgan fingerprint density at radius 2 is 1.89 bits per heavy atom. The molecule has 0 aliphatic carbocycles. The number of benzene rings is 2. The molecule has 3 nitrogen and oxygen atoms in total. The number of aryl methyl sites for hydroxylation is 2. The molecule has 0 bridgehead atoms. The second-order valence-corrected chi connectivity index (χ2v) is 7.64. The van der Waals surface area contributed by atoms with Crippen molar-refractivity contribution in [1.29, 1.82) is 0 Å². The predicted molar refractivity (Wildman–Crippen MR) is 114 cm³/mol. The molecule has 3 aromatic rings. The van der Waals surface area contributed by atoms with Gasteiger partial charge in [-0.25, -0.2) is 4.98 Å². The van der Waals surface area contributed by atoms with Crippen molar-refractivity contribution in [2.24, 2.45) is 0 Å². The highest BCUT2D eigenvalue weighted by Crippen LogP contribution is 2.24. The minimum Gasteiger partial charge on any atom is -0.357 e. The van der Waals surface area contributed by atoms with E-state index in [9.17, 15) is 4.79 Å². The number of nitrogens with zero attached hydrogens (tertiary/aromatic N) is 1. The van der Waals surface area contributed by atoms with Crippen molar-refractivity contribution in [3.8, 4) is 0 Å². The topological polar surface area (TPSA) is 42.0 Å². The number of hydrogen-bond donors (Lipinski definition) is 1. The van der Waals surface area contributed by atoms with Crippen LogP contribution in [0.1, 0.15) is 46.1 Å². The number of ketones is 1. The third-order valence-electron chi connectivity index (χ3n) is 4.35. The number of rotatable bonds is 9. The van der Waals surface area contributed by atoms with Gasteiger partial charge in [-0.1, -0.05) is 72.3 Å². The Morgan fingerprint density at radius 3 is 2.67 bits per heavy atom. The van der Waals surface area contributed by atoms with Crippen molar-refractivity contribution in [2.75, 3.05) is 5.32 Å². The van der Waals surface area contributed by atoms with E-state index in [-0.39, 0.29) is 5.78 Å². The fraction of sp³-hybridized carbons (Fsp3) is 0.227. The van der Waals surface area contributed by atoms with Gasteiger partial charge in [0.05, 0.1) is 11.1 Å². The molecule has 0 amide bonds. The number of nitrogens with one attached hydrogen (secondary N) is 1. The lowest BCUT2D eigenvalue weighted by atomic mass is 10.0. The number of hydrogen-bond acceptors (Lipinski definition) is 4. The number of halogens is 1. The summed E-state index contributed by atoms with van der Waals surface area (Å²) >= 11 is 7.56. The van der Waals surface area contributed by atoms with Gasteiger partial charge in [0.1, 0.15) is 0 Å². The number of unbranched alkanes of at least 4 members (excludes halogenated alkanes) is 1. The number of aromatic nitrogens is 1. The summed E-state index contributed by atoms with van der Waals surface area (Å²) in [5.74, 6) is 0.0386. The fourth-order valence-electron chi connectivity index (χ4n) is 2.88. The maximum absolute atomic E-state index is 12.7. The van der Waals surface area contributed by atoms with E-state index in [0.717, 1.165) is 47.0 Å². The van der Waals surface area contributed by atoms with E-state index in [1.807, 2.05) is 49.0 Å². The summed E-state index contributed by atoms with van der Waals surface area (Å²) in [6, 6.07) is 15.7. The van der Waals surface area contributed by atoms with Crippen LogP contribution in [0.2, 0.25) is 5.02 Å². The van der Waals surface area contributed by atoms with Gasteiger partial charge in [-0.05, 0) is 42.9 Å². The normalized spacial score (nSPS) is 10.7. The van der Waals surface area contributed by atoms with Crippen molar-refractivity contribution >= 4 is 33.9 Å². The van der Waals surface area contributed by atoms with E-state index in [2.05, 4.69) is 23.3 Å². The standard InChI is InChI=1S/C22H22ClN2OS/c1-2-16-9-3-5-12-18(16)21(26)20-15-25-22(27-20)24-14-8-7-11-17-10-4-6-13-19(17)23/h3-6,9-10,12-15H,2,7-8,11H2,1H3,(H,24,25). The molecule has 0 aliphatic rings. The maximum atomic E-state index is 12.7. The Balaban J connectivity index is 1.49. The highest BCUT2D eigenvalue weighted by molar-refractivity contribution is 7.17. The van der Waals surface area contributed by atoms with Gasteiger partial charge in [-0.2, -0.15) is 0 Å². The molecule has 3 rings (SSSR count). The lowest BCUT2D eigenvalue weighted by molar-refractivity contribution is 0.104. The number of carbonyl (C=O) groups is 1. The van der Waals surface area contributed by atoms with Gasteiger partial charge in [-0.15, -0.1) is 0 Å². The van der Waals surface area contributed by atoms with Gasteiger partial charge in [0.15, 0.2) is 5.13 Å². The van der Waals surface area contributed by atoms with E-state index in [1.165, 1.54) is 16.9 Å². The van der Waals surface area contributed by atoms with Crippen LogP contribution in [0.5, 0.6) is 0 Å². The average molecular weight is 398 g/mol. The van der Waals surface area contributed by atoms with E-state index >= 15 is 0 Å². The Kier molecular flexibility index (Phi) is 7.02.